The monoisotopic (exact) mass is 206 g/mol. The smallest absolute Gasteiger partial charge is 0.231 e. The molecule has 3 N–H and O–H groups in total. The molecule has 0 bridgehead atoms. The van der Waals surface area contributed by atoms with E-state index in [0.29, 0.717) is 5.92 Å². The van der Waals surface area contributed by atoms with Crippen LogP contribution in [0.5, 0.6) is 0 Å². The van der Waals surface area contributed by atoms with E-state index < -0.39 is 0 Å². The van der Waals surface area contributed by atoms with Crippen molar-refractivity contribution < 1.29 is 4.79 Å². The zero-order chi connectivity index (χ0) is 11.3. The van der Waals surface area contributed by atoms with Crippen molar-refractivity contribution in [2.75, 3.05) is 6.54 Å². The Labute approximate surface area is 90.7 Å². The molecule has 82 valence electrons. The maximum Gasteiger partial charge on any atom is 0.231 e. The van der Waals surface area contributed by atoms with Gasteiger partial charge in [-0.15, -0.1) is 0 Å². The average molecular weight is 206 g/mol. The van der Waals surface area contributed by atoms with Gasteiger partial charge in [-0.3, -0.25) is 4.79 Å². The highest BCUT2D eigenvalue weighted by Crippen LogP contribution is 2.20. The molecule has 0 spiro atoms. The lowest BCUT2D eigenvalue weighted by atomic mass is 9.96. The second kappa shape index (κ2) is 5.51. The Morgan fingerprint density at radius 2 is 1.93 bits per heavy atom. The number of primary amides is 1. The first-order chi connectivity index (χ1) is 7.11. The summed E-state index contributed by atoms with van der Waals surface area (Å²) >= 11 is 0. The standard InChI is InChI=1S/C12H18N2O/c1-9(2)12(14-8-11(13)15)10-6-4-3-5-7-10/h3-7,9,12,14H,8H2,1-2H3,(H2,13,15)/t12-/m0/s1. The summed E-state index contributed by atoms with van der Waals surface area (Å²) in [7, 11) is 0. The van der Waals surface area contributed by atoms with Crippen molar-refractivity contribution in [3.05, 3.63) is 35.9 Å². The number of nitrogens with two attached hydrogens (primary N) is 1. The number of hydrogen-bond acceptors (Lipinski definition) is 2. The predicted octanol–water partition coefficient (Wildman–Crippen LogP) is 1.46. The number of rotatable bonds is 5. The molecule has 0 heterocycles. The van der Waals surface area contributed by atoms with E-state index in [2.05, 4.69) is 31.3 Å². The summed E-state index contributed by atoms with van der Waals surface area (Å²) in [6.07, 6.45) is 0. The van der Waals surface area contributed by atoms with E-state index >= 15 is 0 Å². The summed E-state index contributed by atoms with van der Waals surface area (Å²) in [5.41, 5.74) is 6.31. The molecular weight excluding hydrogens is 188 g/mol. The zero-order valence-corrected chi connectivity index (χ0v) is 9.23. The van der Waals surface area contributed by atoms with Crippen LogP contribution < -0.4 is 11.1 Å². The predicted molar refractivity (Wildman–Crippen MR) is 61.2 cm³/mol. The van der Waals surface area contributed by atoms with Crippen molar-refractivity contribution in [3.8, 4) is 0 Å². The molecule has 0 saturated carbocycles. The van der Waals surface area contributed by atoms with Gasteiger partial charge in [0, 0.05) is 6.04 Å². The van der Waals surface area contributed by atoms with Crippen molar-refractivity contribution in [1.29, 1.82) is 0 Å². The quantitative estimate of drug-likeness (QED) is 0.766. The molecule has 0 aromatic heterocycles. The minimum atomic E-state index is -0.323. The molecule has 0 unspecified atom stereocenters. The molecule has 1 aromatic rings. The highest BCUT2D eigenvalue weighted by molar-refractivity contribution is 5.75. The summed E-state index contributed by atoms with van der Waals surface area (Å²) in [6.45, 7) is 4.45. The molecule has 1 rings (SSSR count). The summed E-state index contributed by atoms with van der Waals surface area (Å²) in [5, 5.41) is 3.16. The summed E-state index contributed by atoms with van der Waals surface area (Å²) < 4.78 is 0. The third-order valence-electron chi connectivity index (χ3n) is 2.32. The van der Waals surface area contributed by atoms with Crippen LogP contribution in [0.15, 0.2) is 30.3 Å². The molecule has 3 nitrogen and oxygen atoms in total. The van der Waals surface area contributed by atoms with Crippen LogP contribution in [0.1, 0.15) is 25.5 Å². The van der Waals surface area contributed by atoms with E-state index in [0.717, 1.165) is 0 Å². The topological polar surface area (TPSA) is 55.1 Å². The highest BCUT2D eigenvalue weighted by Gasteiger charge is 2.14. The molecule has 0 fully saturated rings. The maximum absolute atomic E-state index is 10.7. The molecule has 1 amide bonds. The second-order valence-electron chi connectivity index (χ2n) is 3.98. The lowest BCUT2D eigenvalue weighted by Crippen LogP contribution is -2.34. The minimum absolute atomic E-state index is 0.179. The summed E-state index contributed by atoms with van der Waals surface area (Å²) in [4.78, 5) is 10.7. The molecule has 0 aliphatic carbocycles. The fourth-order valence-electron chi connectivity index (χ4n) is 1.61. The molecule has 0 saturated heterocycles. The molecule has 0 aliphatic rings. The van der Waals surface area contributed by atoms with Gasteiger partial charge in [-0.2, -0.15) is 0 Å². The van der Waals surface area contributed by atoms with E-state index in [4.69, 9.17) is 5.73 Å². The first-order valence-electron chi connectivity index (χ1n) is 5.18. The Morgan fingerprint density at radius 3 is 2.40 bits per heavy atom. The Bertz CT molecular complexity index is 309. The number of benzene rings is 1. The van der Waals surface area contributed by atoms with Gasteiger partial charge in [-0.25, -0.2) is 0 Å². The van der Waals surface area contributed by atoms with Gasteiger partial charge in [0.2, 0.25) is 5.91 Å². The van der Waals surface area contributed by atoms with E-state index in [1.54, 1.807) is 0 Å². The third kappa shape index (κ3) is 3.72. The van der Waals surface area contributed by atoms with Crippen LogP contribution in [-0.2, 0) is 4.79 Å². The van der Waals surface area contributed by atoms with Gasteiger partial charge in [0.1, 0.15) is 0 Å². The average Bonchev–Trinajstić information content (AvgIpc) is 2.18. The number of nitrogens with one attached hydrogen (secondary N) is 1. The fourth-order valence-corrected chi connectivity index (χ4v) is 1.61. The molecule has 3 heteroatoms. The highest BCUT2D eigenvalue weighted by atomic mass is 16.1. The molecular formula is C12H18N2O. The van der Waals surface area contributed by atoms with Crippen LogP contribution in [0.3, 0.4) is 0 Å². The van der Waals surface area contributed by atoms with Crippen LogP contribution >= 0.6 is 0 Å². The number of carbonyl (C=O) groups excluding carboxylic acids is 1. The van der Waals surface area contributed by atoms with E-state index in [-0.39, 0.29) is 18.5 Å². The van der Waals surface area contributed by atoms with E-state index in [1.165, 1.54) is 5.56 Å². The van der Waals surface area contributed by atoms with Gasteiger partial charge in [0.25, 0.3) is 0 Å². The van der Waals surface area contributed by atoms with Gasteiger partial charge >= 0.3 is 0 Å². The second-order valence-corrected chi connectivity index (χ2v) is 3.98. The van der Waals surface area contributed by atoms with E-state index in [1.807, 2.05) is 18.2 Å². The van der Waals surface area contributed by atoms with Crippen LogP contribution in [0.4, 0.5) is 0 Å². The van der Waals surface area contributed by atoms with Gasteiger partial charge in [-0.1, -0.05) is 44.2 Å². The summed E-state index contributed by atoms with van der Waals surface area (Å²) in [5.74, 6) is 0.100. The van der Waals surface area contributed by atoms with E-state index in [9.17, 15) is 4.79 Å². The molecule has 1 atom stereocenters. The van der Waals surface area contributed by atoms with Gasteiger partial charge in [0.15, 0.2) is 0 Å². The number of hydrogen-bond donors (Lipinski definition) is 2. The lowest BCUT2D eigenvalue weighted by molar-refractivity contribution is -0.117. The first-order valence-corrected chi connectivity index (χ1v) is 5.18. The van der Waals surface area contributed by atoms with Crippen LogP contribution in [-0.4, -0.2) is 12.5 Å². The zero-order valence-electron chi connectivity index (χ0n) is 9.23. The van der Waals surface area contributed by atoms with Gasteiger partial charge in [-0.05, 0) is 11.5 Å². The normalized spacial score (nSPS) is 12.7. The molecule has 0 radical (unpaired) electrons. The maximum atomic E-state index is 10.7. The Hall–Kier alpha value is -1.35. The van der Waals surface area contributed by atoms with Crippen molar-refractivity contribution in [2.24, 2.45) is 11.7 Å². The van der Waals surface area contributed by atoms with Crippen LogP contribution in [0.2, 0.25) is 0 Å². The number of carbonyl (C=O) groups is 1. The lowest BCUT2D eigenvalue weighted by Gasteiger charge is -2.22. The van der Waals surface area contributed by atoms with Crippen molar-refractivity contribution in [2.45, 2.75) is 19.9 Å². The van der Waals surface area contributed by atoms with Crippen LogP contribution in [0, 0.1) is 5.92 Å². The van der Waals surface area contributed by atoms with Gasteiger partial charge < -0.3 is 11.1 Å². The first kappa shape index (κ1) is 11.7. The van der Waals surface area contributed by atoms with Crippen LogP contribution in [0.25, 0.3) is 0 Å². The van der Waals surface area contributed by atoms with Crippen molar-refractivity contribution in [3.63, 3.8) is 0 Å². The van der Waals surface area contributed by atoms with Crippen molar-refractivity contribution in [1.82, 2.24) is 5.32 Å². The molecule has 15 heavy (non-hydrogen) atoms. The SMILES string of the molecule is CC(C)[C@H](NCC(N)=O)c1ccccc1. The molecule has 1 aromatic carbocycles. The summed E-state index contributed by atoms with van der Waals surface area (Å²) in [6, 6.07) is 10.3. The molecule has 0 aliphatic heterocycles. The Balaban J connectivity index is 2.70. The van der Waals surface area contributed by atoms with Crippen molar-refractivity contribution >= 4 is 5.91 Å². The van der Waals surface area contributed by atoms with Gasteiger partial charge in [0.05, 0.1) is 6.54 Å². The largest absolute Gasteiger partial charge is 0.369 e. The number of amides is 1. The fraction of sp³-hybridized carbons (Fsp3) is 0.417. The Kier molecular flexibility index (Phi) is 4.31. The third-order valence-corrected chi connectivity index (χ3v) is 2.32. The minimum Gasteiger partial charge on any atom is -0.369 e. The Morgan fingerprint density at radius 1 is 1.33 bits per heavy atom.